The van der Waals surface area contributed by atoms with E-state index in [0.29, 0.717) is 45.4 Å². The highest BCUT2D eigenvalue weighted by molar-refractivity contribution is 7.09. The standard InChI is InChI=1S/C22H26FN3O4S/c23-14-3-4-17-16(12-14)22(13-25-17)6-9-26(10-7-22)21(30)19(28)18(27)20(29)24-8-5-15-2-1-11-31-15/h1-4,11-12,18-19,25,27-28H,5-10,13H2,(H,24,29)/t18-,19-/m1/s1. The van der Waals surface area contributed by atoms with Crippen molar-refractivity contribution in [3.05, 3.63) is 52.0 Å². The molecule has 0 unspecified atom stereocenters. The fourth-order valence-corrected chi connectivity index (χ4v) is 5.11. The summed E-state index contributed by atoms with van der Waals surface area (Å²) < 4.78 is 13.8. The van der Waals surface area contributed by atoms with Gasteiger partial charge in [0.05, 0.1) is 0 Å². The minimum absolute atomic E-state index is 0.253. The van der Waals surface area contributed by atoms with Crippen molar-refractivity contribution in [3.8, 4) is 0 Å². The van der Waals surface area contributed by atoms with Gasteiger partial charge in [0.2, 0.25) is 0 Å². The Bertz CT molecular complexity index is 944. The monoisotopic (exact) mass is 447 g/mol. The van der Waals surface area contributed by atoms with Crippen LogP contribution in [0.1, 0.15) is 23.3 Å². The molecule has 1 fully saturated rings. The topological polar surface area (TPSA) is 102 Å². The predicted octanol–water partition coefficient (Wildman–Crippen LogP) is 1.25. The molecule has 2 aliphatic rings. The second kappa shape index (κ2) is 8.94. The number of nitrogens with zero attached hydrogens (tertiary/aromatic N) is 1. The molecule has 3 heterocycles. The molecule has 2 aromatic rings. The molecular formula is C22H26FN3O4S. The molecule has 0 saturated carbocycles. The van der Waals surface area contributed by atoms with Gasteiger partial charge in [-0.3, -0.25) is 9.59 Å². The number of anilines is 1. The van der Waals surface area contributed by atoms with Crippen molar-refractivity contribution in [2.75, 3.05) is 31.5 Å². The van der Waals surface area contributed by atoms with Gasteiger partial charge in [-0.05, 0) is 54.5 Å². The third kappa shape index (κ3) is 4.44. The number of amides is 2. The number of carbonyl (C=O) groups excluding carboxylic acids is 2. The lowest BCUT2D eigenvalue weighted by atomic mass is 9.74. The summed E-state index contributed by atoms with van der Waals surface area (Å²) in [6.45, 7) is 1.71. The van der Waals surface area contributed by atoms with Gasteiger partial charge in [-0.15, -0.1) is 11.3 Å². The summed E-state index contributed by atoms with van der Waals surface area (Å²) in [6, 6.07) is 8.56. The van der Waals surface area contributed by atoms with E-state index in [-0.39, 0.29) is 11.2 Å². The third-order valence-electron chi connectivity index (χ3n) is 6.27. The van der Waals surface area contributed by atoms with Crippen molar-refractivity contribution < 1.29 is 24.2 Å². The zero-order chi connectivity index (χ0) is 22.0. The quantitative estimate of drug-likeness (QED) is 0.534. The highest BCUT2D eigenvalue weighted by atomic mass is 32.1. The van der Waals surface area contributed by atoms with E-state index in [1.807, 2.05) is 17.5 Å². The minimum Gasteiger partial charge on any atom is -0.384 e. The van der Waals surface area contributed by atoms with Crippen LogP contribution in [-0.2, 0) is 21.4 Å². The molecule has 0 bridgehead atoms. The van der Waals surface area contributed by atoms with Crippen LogP contribution in [0.2, 0.25) is 0 Å². The number of halogens is 1. The molecule has 2 atom stereocenters. The Morgan fingerprint density at radius 1 is 1.23 bits per heavy atom. The van der Waals surface area contributed by atoms with Crippen LogP contribution in [0.3, 0.4) is 0 Å². The lowest BCUT2D eigenvalue weighted by Gasteiger charge is -2.40. The number of hydrogen-bond acceptors (Lipinski definition) is 6. The predicted molar refractivity (Wildman–Crippen MR) is 115 cm³/mol. The summed E-state index contributed by atoms with van der Waals surface area (Å²) >= 11 is 1.57. The summed E-state index contributed by atoms with van der Waals surface area (Å²) in [4.78, 5) is 27.4. The molecule has 0 radical (unpaired) electrons. The van der Waals surface area contributed by atoms with Gasteiger partial charge >= 0.3 is 0 Å². The van der Waals surface area contributed by atoms with Crippen LogP contribution >= 0.6 is 11.3 Å². The van der Waals surface area contributed by atoms with Crippen molar-refractivity contribution in [2.24, 2.45) is 0 Å². The minimum atomic E-state index is -1.82. The number of benzene rings is 1. The molecule has 1 aromatic carbocycles. The van der Waals surface area contributed by atoms with E-state index in [4.69, 9.17) is 0 Å². The maximum absolute atomic E-state index is 13.8. The Labute approximate surface area is 183 Å². The summed E-state index contributed by atoms with van der Waals surface area (Å²) in [5.74, 6) is -1.72. The number of rotatable bonds is 6. The van der Waals surface area contributed by atoms with Crippen LogP contribution in [0.4, 0.5) is 10.1 Å². The SMILES string of the molecule is O=C(NCCc1cccs1)[C@H](O)[C@@H](O)C(=O)N1CCC2(CC1)CNc1ccc(F)cc12. The van der Waals surface area contributed by atoms with E-state index < -0.39 is 24.0 Å². The molecule has 7 nitrogen and oxygen atoms in total. The number of piperidine rings is 1. The van der Waals surface area contributed by atoms with Crippen molar-refractivity contribution in [1.82, 2.24) is 10.2 Å². The molecule has 31 heavy (non-hydrogen) atoms. The number of nitrogens with one attached hydrogen (secondary N) is 2. The molecule has 9 heteroatoms. The van der Waals surface area contributed by atoms with Gasteiger partial charge in [-0.25, -0.2) is 4.39 Å². The smallest absolute Gasteiger partial charge is 0.254 e. The molecule has 1 saturated heterocycles. The van der Waals surface area contributed by atoms with E-state index in [1.54, 1.807) is 23.5 Å². The van der Waals surface area contributed by atoms with Crippen molar-refractivity contribution in [1.29, 1.82) is 0 Å². The van der Waals surface area contributed by atoms with Crippen molar-refractivity contribution in [2.45, 2.75) is 36.9 Å². The Balaban J connectivity index is 1.30. The van der Waals surface area contributed by atoms with Gasteiger partial charge in [0.1, 0.15) is 5.82 Å². The molecule has 4 N–H and O–H groups in total. The molecule has 1 aromatic heterocycles. The zero-order valence-corrected chi connectivity index (χ0v) is 17.8. The Morgan fingerprint density at radius 3 is 2.71 bits per heavy atom. The Morgan fingerprint density at radius 2 is 2.00 bits per heavy atom. The Kier molecular flexibility index (Phi) is 6.27. The normalized spacial score (nSPS) is 18.9. The molecule has 2 aliphatic heterocycles. The fourth-order valence-electron chi connectivity index (χ4n) is 4.40. The number of hydrogen-bond donors (Lipinski definition) is 4. The van der Waals surface area contributed by atoms with E-state index in [2.05, 4.69) is 10.6 Å². The maximum atomic E-state index is 13.8. The second-order valence-electron chi connectivity index (χ2n) is 8.16. The van der Waals surface area contributed by atoms with Gasteiger partial charge in [-0.1, -0.05) is 6.07 Å². The van der Waals surface area contributed by atoms with Gasteiger partial charge in [0, 0.05) is 42.2 Å². The van der Waals surface area contributed by atoms with Gasteiger partial charge in [0.15, 0.2) is 12.2 Å². The first kappa shape index (κ1) is 21.7. The first-order valence-electron chi connectivity index (χ1n) is 10.4. The molecule has 166 valence electrons. The van der Waals surface area contributed by atoms with Crippen LogP contribution in [-0.4, -0.2) is 65.3 Å². The summed E-state index contributed by atoms with van der Waals surface area (Å²) in [6.07, 6.45) is -1.81. The van der Waals surface area contributed by atoms with Crippen molar-refractivity contribution in [3.63, 3.8) is 0 Å². The summed E-state index contributed by atoms with van der Waals surface area (Å²) in [5, 5.41) is 28.2. The average molecular weight is 448 g/mol. The number of fused-ring (bicyclic) bond motifs is 2. The maximum Gasteiger partial charge on any atom is 0.254 e. The van der Waals surface area contributed by atoms with Gasteiger partial charge in [-0.2, -0.15) is 0 Å². The first-order chi connectivity index (χ1) is 14.9. The molecule has 4 rings (SSSR count). The molecule has 1 spiro atoms. The number of aliphatic hydroxyl groups is 2. The molecule has 2 amide bonds. The lowest BCUT2D eigenvalue weighted by molar-refractivity contribution is -0.154. The van der Waals surface area contributed by atoms with Crippen LogP contribution < -0.4 is 10.6 Å². The molecular weight excluding hydrogens is 421 g/mol. The number of likely N-dealkylation sites (tertiary alicyclic amines) is 1. The largest absolute Gasteiger partial charge is 0.384 e. The first-order valence-corrected chi connectivity index (χ1v) is 11.3. The zero-order valence-electron chi connectivity index (χ0n) is 17.0. The number of carbonyl (C=O) groups is 2. The molecule has 0 aliphatic carbocycles. The lowest BCUT2D eigenvalue weighted by Crippen LogP contribution is -2.54. The average Bonchev–Trinajstić information content (AvgIpc) is 3.41. The van der Waals surface area contributed by atoms with Gasteiger partial charge in [0.25, 0.3) is 11.8 Å². The summed E-state index contributed by atoms with van der Waals surface area (Å²) in [5.41, 5.74) is 1.58. The van der Waals surface area contributed by atoms with Crippen LogP contribution in [0.25, 0.3) is 0 Å². The van der Waals surface area contributed by atoms with E-state index in [1.165, 1.54) is 11.0 Å². The van der Waals surface area contributed by atoms with Crippen LogP contribution in [0.15, 0.2) is 35.7 Å². The van der Waals surface area contributed by atoms with Crippen LogP contribution in [0.5, 0.6) is 0 Å². The van der Waals surface area contributed by atoms with E-state index in [0.717, 1.165) is 16.1 Å². The van der Waals surface area contributed by atoms with Gasteiger partial charge < -0.3 is 25.7 Å². The Hall–Kier alpha value is -2.49. The van der Waals surface area contributed by atoms with E-state index >= 15 is 0 Å². The highest BCUT2D eigenvalue weighted by Crippen LogP contribution is 2.44. The number of aliphatic hydroxyl groups excluding tert-OH is 2. The van der Waals surface area contributed by atoms with Crippen molar-refractivity contribution >= 4 is 28.8 Å². The number of thiophene rings is 1. The third-order valence-corrected chi connectivity index (χ3v) is 7.21. The highest BCUT2D eigenvalue weighted by Gasteiger charge is 2.44. The fraction of sp³-hybridized carbons (Fsp3) is 0.455. The second-order valence-corrected chi connectivity index (χ2v) is 9.19. The van der Waals surface area contributed by atoms with Crippen LogP contribution in [0, 0.1) is 5.82 Å². The van der Waals surface area contributed by atoms with E-state index in [9.17, 15) is 24.2 Å². The summed E-state index contributed by atoms with van der Waals surface area (Å²) in [7, 11) is 0.